The Hall–Kier alpha value is -4.66. The first-order chi connectivity index (χ1) is 18.7. The number of carbonyl (C=O) groups excluding carboxylic acids is 1. The highest BCUT2D eigenvalue weighted by Gasteiger charge is 2.44. The van der Waals surface area contributed by atoms with E-state index in [2.05, 4.69) is 17.1 Å². The molecule has 1 atom stereocenters. The van der Waals surface area contributed by atoms with Crippen molar-refractivity contribution in [2.24, 2.45) is 0 Å². The number of nitriles is 2. The van der Waals surface area contributed by atoms with Crippen LogP contribution in [0.4, 0.5) is 10.1 Å². The minimum Gasteiger partial charge on any atom is -0.494 e. The monoisotopic (exact) mass is 539 g/mol. The van der Waals surface area contributed by atoms with Crippen molar-refractivity contribution in [1.82, 2.24) is 9.55 Å². The number of benzene rings is 2. The van der Waals surface area contributed by atoms with Crippen LogP contribution in [0.15, 0.2) is 54.7 Å². The first kappa shape index (κ1) is 26.0. The number of hydrogen-bond acceptors (Lipinski definition) is 5. The summed E-state index contributed by atoms with van der Waals surface area (Å²) >= 11 is 6.12. The van der Waals surface area contributed by atoms with Crippen LogP contribution in [-0.2, 0) is 0 Å². The van der Waals surface area contributed by atoms with E-state index in [1.165, 1.54) is 30.3 Å². The molecule has 9 heteroatoms. The van der Waals surface area contributed by atoms with Gasteiger partial charge in [0.2, 0.25) is 0 Å². The number of anilines is 1. The van der Waals surface area contributed by atoms with Gasteiger partial charge in [-0.1, -0.05) is 29.8 Å². The van der Waals surface area contributed by atoms with Crippen molar-refractivity contribution in [1.29, 1.82) is 10.5 Å². The molecule has 0 saturated heterocycles. The number of ether oxygens (including phenoxy) is 1. The normalized spacial score (nSPS) is 14.3. The number of rotatable bonds is 5. The lowest BCUT2D eigenvalue weighted by Gasteiger charge is -2.29. The maximum absolute atomic E-state index is 15.4. The molecule has 1 amide bonds. The van der Waals surface area contributed by atoms with Gasteiger partial charge in [0.15, 0.2) is 5.82 Å². The lowest BCUT2D eigenvalue weighted by atomic mass is 10.0. The molecule has 0 fully saturated rings. The molecule has 0 aliphatic carbocycles. The molecule has 0 bridgehead atoms. The van der Waals surface area contributed by atoms with Crippen LogP contribution in [0, 0.1) is 35.4 Å². The molecule has 0 saturated carbocycles. The zero-order chi connectivity index (χ0) is 28.0. The fourth-order valence-electron chi connectivity index (χ4n) is 5.26. The number of carbonyl (C=O) groups is 1. The van der Waals surface area contributed by atoms with Crippen LogP contribution in [0.1, 0.15) is 64.4 Å². The Morgan fingerprint density at radius 1 is 1.13 bits per heavy atom. The van der Waals surface area contributed by atoms with Crippen molar-refractivity contribution >= 4 is 23.2 Å². The second-order valence-corrected chi connectivity index (χ2v) is 9.87. The van der Waals surface area contributed by atoms with Crippen molar-refractivity contribution < 1.29 is 13.9 Å². The van der Waals surface area contributed by atoms with Gasteiger partial charge in [0, 0.05) is 11.6 Å². The first-order valence-corrected chi connectivity index (χ1v) is 12.6. The summed E-state index contributed by atoms with van der Waals surface area (Å²) in [6.07, 6.45) is 1.50. The van der Waals surface area contributed by atoms with Crippen LogP contribution in [-0.4, -0.2) is 22.6 Å². The summed E-state index contributed by atoms with van der Waals surface area (Å²) in [6.45, 7) is 5.77. The zero-order valence-corrected chi connectivity index (χ0v) is 22.4. The maximum Gasteiger partial charge on any atom is 0.261 e. The minimum absolute atomic E-state index is 0.0550. The molecular formula is C30H23ClFN5O2. The number of pyridine rings is 1. The van der Waals surface area contributed by atoms with Crippen molar-refractivity contribution in [3.8, 4) is 29.1 Å². The summed E-state index contributed by atoms with van der Waals surface area (Å²) in [5.41, 5.74) is 4.47. The van der Waals surface area contributed by atoms with Crippen molar-refractivity contribution in [3.05, 3.63) is 99.2 Å². The Balaban J connectivity index is 1.84. The number of methoxy groups -OCH3 is 1. The maximum atomic E-state index is 15.4. The summed E-state index contributed by atoms with van der Waals surface area (Å²) in [7, 11) is 1.52. The number of nitrogens with zero attached hydrogens (tertiary/aromatic N) is 5. The van der Waals surface area contributed by atoms with Gasteiger partial charge in [-0.05, 0) is 62.2 Å². The highest BCUT2D eigenvalue weighted by molar-refractivity contribution is 6.31. The first-order valence-electron chi connectivity index (χ1n) is 12.2. The average molecular weight is 540 g/mol. The standard InChI is InChI=1S/C30H23ClFN5O2/c1-16(2)36-24(26-17(3)22(14-34)35-15-25(26)39-4)12-20-29(36)28(19-10-8-18(13-33)9-11-19)37(30(20)38)23-7-5-6-21(31)27(23)32/h5-12,15-16,28H,1-4H3. The van der Waals surface area contributed by atoms with Crippen LogP contribution >= 0.6 is 11.6 Å². The van der Waals surface area contributed by atoms with Crippen LogP contribution in [0.2, 0.25) is 5.02 Å². The number of amides is 1. The van der Waals surface area contributed by atoms with Gasteiger partial charge in [0.25, 0.3) is 5.91 Å². The molecule has 3 heterocycles. The summed E-state index contributed by atoms with van der Waals surface area (Å²) in [5.74, 6) is -0.630. The summed E-state index contributed by atoms with van der Waals surface area (Å²) in [4.78, 5) is 19.7. The van der Waals surface area contributed by atoms with Gasteiger partial charge in [-0.3, -0.25) is 9.69 Å². The SMILES string of the molecule is COc1cnc(C#N)c(C)c1-c1cc2c(n1C(C)C)C(c1ccc(C#N)cc1)N(c1cccc(Cl)c1F)C2=O. The second-order valence-electron chi connectivity index (χ2n) is 9.46. The minimum atomic E-state index is -0.715. The molecule has 0 N–H and O–H groups in total. The Kier molecular flexibility index (Phi) is 6.59. The van der Waals surface area contributed by atoms with Gasteiger partial charge in [-0.15, -0.1) is 0 Å². The molecule has 0 spiro atoms. The summed E-state index contributed by atoms with van der Waals surface area (Å²) in [6, 6.07) is 16.6. The van der Waals surface area contributed by atoms with Gasteiger partial charge in [0.1, 0.15) is 23.6 Å². The van der Waals surface area contributed by atoms with Crippen molar-refractivity contribution in [2.75, 3.05) is 12.0 Å². The third kappa shape index (κ3) is 4.01. The van der Waals surface area contributed by atoms with Crippen LogP contribution in [0.5, 0.6) is 5.75 Å². The van der Waals surface area contributed by atoms with Crippen molar-refractivity contribution in [3.63, 3.8) is 0 Å². The zero-order valence-electron chi connectivity index (χ0n) is 21.7. The summed E-state index contributed by atoms with van der Waals surface area (Å²) < 4.78 is 23.0. The molecule has 4 aromatic rings. The van der Waals surface area contributed by atoms with E-state index in [1.807, 2.05) is 18.4 Å². The lowest BCUT2D eigenvalue weighted by Crippen LogP contribution is -2.30. The number of hydrogen-bond donors (Lipinski definition) is 0. The van der Waals surface area contributed by atoms with Gasteiger partial charge < -0.3 is 9.30 Å². The van der Waals surface area contributed by atoms with Gasteiger partial charge in [-0.2, -0.15) is 10.5 Å². The van der Waals surface area contributed by atoms with Crippen LogP contribution in [0.25, 0.3) is 11.3 Å². The lowest BCUT2D eigenvalue weighted by molar-refractivity contribution is 0.0992. The molecule has 194 valence electrons. The highest BCUT2D eigenvalue weighted by Crippen LogP contribution is 2.48. The molecule has 2 aromatic carbocycles. The Morgan fingerprint density at radius 3 is 2.46 bits per heavy atom. The predicted molar refractivity (Wildman–Crippen MR) is 145 cm³/mol. The van der Waals surface area contributed by atoms with E-state index in [0.29, 0.717) is 45.0 Å². The molecule has 0 radical (unpaired) electrons. The Labute approximate surface area is 230 Å². The highest BCUT2D eigenvalue weighted by atomic mass is 35.5. The molecular weight excluding hydrogens is 517 g/mol. The summed E-state index contributed by atoms with van der Waals surface area (Å²) in [5, 5.41) is 18.9. The molecule has 39 heavy (non-hydrogen) atoms. The van der Waals surface area contributed by atoms with Crippen LogP contribution in [0.3, 0.4) is 0 Å². The Bertz CT molecular complexity index is 1710. The molecule has 5 rings (SSSR count). The van der Waals surface area contributed by atoms with Crippen LogP contribution < -0.4 is 9.64 Å². The average Bonchev–Trinajstić information content (AvgIpc) is 3.45. The topological polar surface area (TPSA) is 94.9 Å². The van der Waals surface area contributed by atoms with E-state index in [9.17, 15) is 15.3 Å². The van der Waals surface area contributed by atoms with E-state index in [0.717, 1.165) is 0 Å². The third-order valence-electron chi connectivity index (χ3n) is 6.97. The largest absolute Gasteiger partial charge is 0.494 e. The van der Waals surface area contributed by atoms with Gasteiger partial charge in [-0.25, -0.2) is 9.37 Å². The van der Waals surface area contributed by atoms with Gasteiger partial charge in [0.05, 0.1) is 52.6 Å². The predicted octanol–water partition coefficient (Wildman–Crippen LogP) is 6.73. The number of fused-ring (bicyclic) bond motifs is 1. The van der Waals surface area contributed by atoms with E-state index >= 15 is 4.39 Å². The fourth-order valence-corrected chi connectivity index (χ4v) is 5.43. The van der Waals surface area contributed by atoms with E-state index < -0.39 is 17.8 Å². The van der Waals surface area contributed by atoms with E-state index in [4.69, 9.17) is 16.3 Å². The number of aromatic nitrogens is 2. The molecule has 7 nitrogen and oxygen atoms in total. The van der Waals surface area contributed by atoms with E-state index in [-0.39, 0.29) is 22.4 Å². The van der Waals surface area contributed by atoms with Crippen molar-refractivity contribution in [2.45, 2.75) is 32.9 Å². The molecule has 1 unspecified atom stereocenters. The molecule has 2 aromatic heterocycles. The van der Waals surface area contributed by atoms with Gasteiger partial charge >= 0.3 is 0 Å². The fraction of sp³-hybridized carbons (Fsp3) is 0.200. The molecule has 1 aliphatic rings. The Morgan fingerprint density at radius 2 is 1.85 bits per heavy atom. The smallest absolute Gasteiger partial charge is 0.261 e. The third-order valence-corrected chi connectivity index (χ3v) is 7.27. The second kappa shape index (κ2) is 9.90. The number of halogens is 2. The van der Waals surface area contributed by atoms with E-state index in [1.54, 1.807) is 43.3 Å². The molecule has 1 aliphatic heterocycles. The quantitative estimate of drug-likeness (QED) is 0.280.